The molecule has 1 fully saturated rings. The van der Waals surface area contributed by atoms with Crippen molar-refractivity contribution < 1.29 is 12.8 Å². The summed E-state index contributed by atoms with van der Waals surface area (Å²) in [6, 6.07) is 9.52. The molecule has 1 aromatic carbocycles. The largest absolute Gasteiger partial charge is 0.420 e. The van der Waals surface area contributed by atoms with Gasteiger partial charge in [-0.3, -0.25) is 0 Å². The molecule has 0 amide bonds. The van der Waals surface area contributed by atoms with Gasteiger partial charge in [-0.15, -0.1) is 10.2 Å². The van der Waals surface area contributed by atoms with Crippen molar-refractivity contribution in [2.45, 2.75) is 50.5 Å². The van der Waals surface area contributed by atoms with Gasteiger partial charge in [-0.25, -0.2) is 8.42 Å². The third-order valence-corrected chi connectivity index (χ3v) is 7.32. The van der Waals surface area contributed by atoms with Crippen LogP contribution < -0.4 is 0 Å². The normalized spacial score (nSPS) is 15.1. The predicted molar refractivity (Wildman–Crippen MR) is 105 cm³/mol. The minimum absolute atomic E-state index is 0.201. The van der Waals surface area contributed by atoms with Crippen molar-refractivity contribution in [3.8, 4) is 11.5 Å². The summed E-state index contributed by atoms with van der Waals surface area (Å²) in [5.41, 5.74) is 2.66. The van der Waals surface area contributed by atoms with Gasteiger partial charge in [0.15, 0.2) is 0 Å². The molecular weight excluding hydrogens is 376 g/mol. The van der Waals surface area contributed by atoms with E-state index in [-0.39, 0.29) is 17.3 Å². The van der Waals surface area contributed by atoms with Crippen LogP contribution in [0.25, 0.3) is 11.5 Å². The zero-order chi connectivity index (χ0) is 19.9. The van der Waals surface area contributed by atoms with Gasteiger partial charge in [-0.2, -0.15) is 4.31 Å². The van der Waals surface area contributed by atoms with E-state index in [1.54, 1.807) is 14.0 Å². The molecule has 3 aromatic rings. The molecule has 1 aliphatic rings. The molecule has 4 rings (SSSR count). The van der Waals surface area contributed by atoms with Crippen LogP contribution in [0.5, 0.6) is 0 Å². The fourth-order valence-corrected chi connectivity index (χ4v) is 5.14. The summed E-state index contributed by atoms with van der Waals surface area (Å²) in [6.45, 7) is 3.86. The Hall–Kier alpha value is -2.45. The Balaban J connectivity index is 1.72. The van der Waals surface area contributed by atoms with Gasteiger partial charge in [0, 0.05) is 30.9 Å². The number of aryl methyl sites for hydroxylation is 2. The van der Waals surface area contributed by atoms with Crippen LogP contribution in [-0.4, -0.2) is 35.0 Å². The topological polar surface area (TPSA) is 92.1 Å². The van der Waals surface area contributed by atoms with E-state index in [4.69, 9.17) is 4.42 Å². The van der Waals surface area contributed by atoms with Crippen molar-refractivity contribution in [3.63, 3.8) is 0 Å². The molecule has 1 aliphatic carbocycles. The SMILES string of the molecule is Cc1[nH]c(C)c(S(=O)(=O)N(C)Cc2ccccc2)c1-c1nnc(C2CCC2)o1. The van der Waals surface area contributed by atoms with E-state index >= 15 is 0 Å². The van der Waals surface area contributed by atoms with E-state index in [1.807, 2.05) is 37.3 Å². The highest BCUT2D eigenvalue weighted by molar-refractivity contribution is 7.89. The highest BCUT2D eigenvalue weighted by atomic mass is 32.2. The molecule has 7 nitrogen and oxygen atoms in total. The number of nitrogens with one attached hydrogen (secondary N) is 1. The number of benzene rings is 1. The van der Waals surface area contributed by atoms with E-state index < -0.39 is 10.0 Å². The summed E-state index contributed by atoms with van der Waals surface area (Å²) in [7, 11) is -2.17. The molecule has 2 heterocycles. The van der Waals surface area contributed by atoms with Gasteiger partial charge in [-0.1, -0.05) is 36.8 Å². The molecule has 8 heteroatoms. The highest BCUT2D eigenvalue weighted by Crippen LogP contribution is 2.39. The van der Waals surface area contributed by atoms with Gasteiger partial charge < -0.3 is 9.40 Å². The van der Waals surface area contributed by atoms with Crippen molar-refractivity contribution in [3.05, 3.63) is 53.2 Å². The number of hydrogen-bond donors (Lipinski definition) is 1. The first-order valence-corrected chi connectivity index (χ1v) is 10.8. The fourth-order valence-electron chi connectivity index (χ4n) is 3.58. The van der Waals surface area contributed by atoms with E-state index in [0.717, 1.165) is 24.8 Å². The molecule has 1 N–H and O–H groups in total. The van der Waals surface area contributed by atoms with Crippen LogP contribution in [0.3, 0.4) is 0 Å². The van der Waals surface area contributed by atoms with Gasteiger partial charge in [0.2, 0.25) is 15.9 Å². The van der Waals surface area contributed by atoms with Crippen LogP contribution in [0.2, 0.25) is 0 Å². The van der Waals surface area contributed by atoms with Crippen LogP contribution in [0, 0.1) is 13.8 Å². The second-order valence-electron chi connectivity index (χ2n) is 7.40. The van der Waals surface area contributed by atoms with Crippen LogP contribution in [0.4, 0.5) is 0 Å². The second kappa shape index (κ2) is 7.18. The minimum Gasteiger partial charge on any atom is -0.420 e. The summed E-state index contributed by atoms with van der Waals surface area (Å²) in [5, 5.41) is 8.32. The van der Waals surface area contributed by atoms with Gasteiger partial charge in [0.25, 0.3) is 5.89 Å². The summed E-state index contributed by atoms with van der Waals surface area (Å²) < 4.78 is 34.0. The Morgan fingerprint density at radius 1 is 1.14 bits per heavy atom. The first kappa shape index (κ1) is 18.9. The second-order valence-corrected chi connectivity index (χ2v) is 9.38. The number of sulfonamides is 1. The third-order valence-electron chi connectivity index (χ3n) is 5.34. The number of rotatable bonds is 6. The molecule has 0 unspecified atom stereocenters. The van der Waals surface area contributed by atoms with Crippen molar-refractivity contribution >= 4 is 10.0 Å². The van der Waals surface area contributed by atoms with Crippen molar-refractivity contribution in [2.24, 2.45) is 0 Å². The number of hydrogen-bond acceptors (Lipinski definition) is 5. The molecule has 0 bridgehead atoms. The Morgan fingerprint density at radius 2 is 1.86 bits per heavy atom. The first-order valence-electron chi connectivity index (χ1n) is 9.41. The monoisotopic (exact) mass is 400 g/mol. The molecule has 0 saturated heterocycles. The van der Waals surface area contributed by atoms with Crippen LogP contribution in [-0.2, 0) is 16.6 Å². The van der Waals surface area contributed by atoms with Crippen molar-refractivity contribution in [2.75, 3.05) is 7.05 Å². The van der Waals surface area contributed by atoms with E-state index in [0.29, 0.717) is 28.8 Å². The van der Waals surface area contributed by atoms with Crippen LogP contribution >= 0.6 is 0 Å². The van der Waals surface area contributed by atoms with Gasteiger partial charge in [-0.05, 0) is 32.3 Å². The molecule has 1 saturated carbocycles. The number of nitrogens with zero attached hydrogens (tertiary/aromatic N) is 3. The average molecular weight is 401 g/mol. The number of aromatic amines is 1. The highest BCUT2D eigenvalue weighted by Gasteiger charge is 2.33. The molecule has 0 atom stereocenters. The summed E-state index contributed by atoms with van der Waals surface area (Å²) in [4.78, 5) is 3.33. The average Bonchev–Trinajstić information content (AvgIpc) is 3.18. The van der Waals surface area contributed by atoms with Crippen LogP contribution in [0.1, 0.15) is 48.0 Å². The summed E-state index contributed by atoms with van der Waals surface area (Å²) >= 11 is 0. The maximum Gasteiger partial charge on any atom is 0.250 e. The van der Waals surface area contributed by atoms with E-state index in [1.165, 1.54) is 4.31 Å². The maximum absolute atomic E-state index is 13.4. The Labute approximate surface area is 164 Å². The summed E-state index contributed by atoms with van der Waals surface area (Å²) in [6.07, 6.45) is 3.24. The van der Waals surface area contributed by atoms with Gasteiger partial charge >= 0.3 is 0 Å². The zero-order valence-electron chi connectivity index (χ0n) is 16.3. The molecule has 0 aliphatic heterocycles. The van der Waals surface area contributed by atoms with E-state index in [2.05, 4.69) is 15.2 Å². The Bertz CT molecular complexity index is 1080. The van der Waals surface area contributed by atoms with Crippen molar-refractivity contribution in [1.82, 2.24) is 19.5 Å². The van der Waals surface area contributed by atoms with Gasteiger partial charge in [0.05, 0.1) is 5.56 Å². The predicted octanol–water partition coefficient (Wildman–Crippen LogP) is 3.77. The first-order chi connectivity index (χ1) is 13.4. The molecular formula is C20H24N4O3S. The lowest BCUT2D eigenvalue weighted by molar-refractivity contribution is 0.338. The number of aromatic nitrogens is 3. The standard InChI is InChI=1S/C20H24N4O3S/c1-13-17(20-23-22-19(27-20)16-10-7-11-16)18(14(2)21-13)28(25,26)24(3)12-15-8-5-4-6-9-15/h4-6,8-9,16,21H,7,10-12H2,1-3H3. The van der Waals surface area contributed by atoms with E-state index in [9.17, 15) is 8.42 Å². The molecule has 28 heavy (non-hydrogen) atoms. The smallest absolute Gasteiger partial charge is 0.250 e. The Kier molecular flexibility index (Phi) is 4.84. The Morgan fingerprint density at radius 3 is 2.50 bits per heavy atom. The lowest BCUT2D eigenvalue weighted by Gasteiger charge is -2.20. The fraction of sp³-hybridized carbons (Fsp3) is 0.400. The van der Waals surface area contributed by atoms with Crippen LogP contribution in [0.15, 0.2) is 39.6 Å². The lowest BCUT2D eigenvalue weighted by Crippen LogP contribution is -2.27. The quantitative estimate of drug-likeness (QED) is 0.680. The lowest BCUT2D eigenvalue weighted by atomic mass is 9.85. The third kappa shape index (κ3) is 3.27. The maximum atomic E-state index is 13.4. The van der Waals surface area contributed by atoms with Crippen molar-refractivity contribution in [1.29, 1.82) is 0 Å². The molecule has 2 aromatic heterocycles. The molecule has 0 radical (unpaired) electrons. The summed E-state index contributed by atoms with van der Waals surface area (Å²) in [5.74, 6) is 1.15. The zero-order valence-corrected chi connectivity index (χ0v) is 17.1. The van der Waals surface area contributed by atoms with Gasteiger partial charge in [0.1, 0.15) is 4.90 Å². The molecule has 0 spiro atoms. The molecule has 148 valence electrons. The number of H-pyrrole nitrogens is 1. The minimum atomic E-state index is -3.75.